The Kier molecular flexibility index (Phi) is 9.86. The second-order valence-corrected chi connectivity index (χ2v) is 7.26. The van der Waals surface area contributed by atoms with Crippen molar-refractivity contribution in [3.63, 3.8) is 0 Å². The molecule has 0 atom stereocenters. The summed E-state index contributed by atoms with van der Waals surface area (Å²) in [6, 6.07) is 1.99. The fraction of sp³-hybridized carbons (Fsp3) is 0.409. The summed E-state index contributed by atoms with van der Waals surface area (Å²) < 4.78 is 5.76. The van der Waals surface area contributed by atoms with Crippen molar-refractivity contribution in [3.8, 4) is 5.75 Å². The molecule has 8 heteroatoms. The van der Waals surface area contributed by atoms with Crippen LogP contribution in [0.25, 0.3) is 0 Å². The van der Waals surface area contributed by atoms with Crippen LogP contribution in [-0.4, -0.2) is 64.0 Å². The Morgan fingerprint density at radius 1 is 1.30 bits per heavy atom. The third-order valence-corrected chi connectivity index (χ3v) is 4.92. The summed E-state index contributed by atoms with van der Waals surface area (Å²) in [6.45, 7) is 9.63. The number of hydrazone groups is 1. The molecule has 0 aromatic carbocycles. The molecule has 2 rings (SSSR count). The Morgan fingerprint density at radius 3 is 2.73 bits per heavy atom. The zero-order chi connectivity index (χ0) is 21.8. The maximum atomic E-state index is 9.11. The van der Waals surface area contributed by atoms with Gasteiger partial charge in [-0.15, -0.1) is 0 Å². The molecule has 7 nitrogen and oxygen atoms in total. The van der Waals surface area contributed by atoms with E-state index in [2.05, 4.69) is 25.3 Å². The number of thiocarbonyl (C=S) groups is 1. The normalized spacial score (nSPS) is 15.5. The molecule has 1 fully saturated rings. The lowest BCUT2D eigenvalue weighted by Gasteiger charge is -2.37. The first kappa shape index (κ1) is 23.4. The Hall–Kier alpha value is -2.87. The summed E-state index contributed by atoms with van der Waals surface area (Å²) in [6.07, 6.45) is 13.0. The Balaban J connectivity index is 1.71. The number of rotatable bonds is 8. The first-order valence-corrected chi connectivity index (χ1v) is 10.5. The maximum Gasteiger partial charge on any atom is 0.189 e. The van der Waals surface area contributed by atoms with Crippen molar-refractivity contribution < 1.29 is 9.84 Å². The van der Waals surface area contributed by atoms with Gasteiger partial charge in [-0.2, -0.15) is 5.10 Å². The highest BCUT2D eigenvalue weighted by molar-refractivity contribution is 7.80. The van der Waals surface area contributed by atoms with Gasteiger partial charge >= 0.3 is 0 Å². The first-order valence-electron chi connectivity index (χ1n) is 10.1. The van der Waals surface area contributed by atoms with Gasteiger partial charge in [0.15, 0.2) is 5.11 Å². The van der Waals surface area contributed by atoms with Gasteiger partial charge in [-0.25, -0.2) is 0 Å². The minimum Gasteiger partial charge on any atom is -0.516 e. The molecule has 0 aliphatic carbocycles. The molecule has 0 unspecified atom stereocenters. The van der Waals surface area contributed by atoms with E-state index >= 15 is 0 Å². The van der Waals surface area contributed by atoms with Gasteiger partial charge in [-0.1, -0.05) is 12.2 Å². The van der Waals surface area contributed by atoms with E-state index in [1.165, 1.54) is 0 Å². The highest BCUT2D eigenvalue weighted by Gasteiger charge is 2.19. The van der Waals surface area contributed by atoms with E-state index in [0.29, 0.717) is 18.1 Å². The van der Waals surface area contributed by atoms with Gasteiger partial charge in [0.2, 0.25) is 0 Å². The van der Waals surface area contributed by atoms with Gasteiger partial charge in [-0.05, 0) is 56.8 Å². The minimum atomic E-state index is 0.530. The molecule has 1 aliphatic rings. The topological polar surface area (TPSA) is 73.2 Å². The molecular formula is C22H31N5O2S. The highest BCUT2D eigenvalue weighted by atomic mass is 32.1. The quantitative estimate of drug-likeness (QED) is 0.164. The van der Waals surface area contributed by atoms with Crippen molar-refractivity contribution in [2.75, 3.05) is 32.8 Å². The Labute approximate surface area is 184 Å². The highest BCUT2D eigenvalue weighted by Crippen LogP contribution is 2.16. The molecule has 0 spiro atoms. The molecular weight excluding hydrogens is 398 g/mol. The molecule has 0 amide bonds. The van der Waals surface area contributed by atoms with Crippen LogP contribution in [0.2, 0.25) is 0 Å². The zero-order valence-electron chi connectivity index (χ0n) is 17.9. The Bertz CT molecular complexity index is 812. The van der Waals surface area contributed by atoms with Crippen LogP contribution in [0.1, 0.15) is 24.6 Å². The number of hydrogen-bond acceptors (Lipinski definition) is 6. The van der Waals surface area contributed by atoms with Crippen molar-refractivity contribution >= 4 is 23.5 Å². The minimum absolute atomic E-state index is 0.530. The summed E-state index contributed by atoms with van der Waals surface area (Å²) >= 11 is 5.45. The molecule has 1 aliphatic heterocycles. The van der Waals surface area contributed by atoms with Crippen molar-refractivity contribution in [2.24, 2.45) is 5.10 Å². The predicted molar refractivity (Wildman–Crippen MR) is 126 cm³/mol. The number of piperazine rings is 1. The summed E-state index contributed by atoms with van der Waals surface area (Å²) in [4.78, 5) is 8.60. The molecule has 0 bridgehead atoms. The number of nitrogens with zero attached hydrogens (tertiary/aromatic N) is 4. The third-order valence-electron chi connectivity index (χ3n) is 4.57. The van der Waals surface area contributed by atoms with Crippen molar-refractivity contribution in [1.82, 2.24) is 20.2 Å². The molecule has 162 valence electrons. The average molecular weight is 430 g/mol. The van der Waals surface area contributed by atoms with Crippen LogP contribution in [0.5, 0.6) is 5.75 Å². The van der Waals surface area contributed by atoms with Crippen molar-refractivity contribution in [1.29, 1.82) is 0 Å². The number of nitrogens with one attached hydrogen (secondary N) is 1. The summed E-state index contributed by atoms with van der Waals surface area (Å²) in [5.74, 6) is 0.809. The molecule has 2 heterocycles. The number of allylic oxidation sites excluding steroid dienone is 4. The van der Waals surface area contributed by atoms with Crippen LogP contribution < -0.4 is 10.2 Å². The lowest BCUT2D eigenvalue weighted by atomic mass is 10.2. The van der Waals surface area contributed by atoms with E-state index in [0.717, 1.165) is 55.1 Å². The van der Waals surface area contributed by atoms with Crippen molar-refractivity contribution in [2.45, 2.75) is 27.2 Å². The van der Waals surface area contributed by atoms with E-state index in [4.69, 9.17) is 22.1 Å². The largest absolute Gasteiger partial charge is 0.516 e. The number of aromatic nitrogens is 1. The number of aryl methyl sites for hydroxylation is 2. The van der Waals surface area contributed by atoms with E-state index in [1.807, 2.05) is 51.3 Å². The summed E-state index contributed by atoms with van der Waals surface area (Å²) in [5.41, 5.74) is 5.87. The van der Waals surface area contributed by atoms with Gasteiger partial charge in [0.05, 0.1) is 18.6 Å². The van der Waals surface area contributed by atoms with Crippen LogP contribution in [0.3, 0.4) is 0 Å². The van der Waals surface area contributed by atoms with Crippen LogP contribution in [-0.2, 0) is 0 Å². The van der Waals surface area contributed by atoms with E-state index in [9.17, 15) is 0 Å². The second kappa shape index (κ2) is 12.6. The predicted octanol–water partition coefficient (Wildman–Crippen LogP) is 3.48. The summed E-state index contributed by atoms with van der Waals surface area (Å²) in [7, 11) is 0. The molecule has 1 aromatic heterocycles. The first-order chi connectivity index (χ1) is 14.5. The fourth-order valence-corrected chi connectivity index (χ4v) is 3.16. The molecule has 2 N–H and O–H groups in total. The Morgan fingerprint density at radius 2 is 2.03 bits per heavy atom. The van der Waals surface area contributed by atoms with Gasteiger partial charge < -0.3 is 19.6 Å². The standard InChI is InChI=1S/C22H31N5O2S/c1-4-5-7-20(8-14-28)26-10-12-27(13-11-26)22(30)25-24-9-6-15-29-21-16-18(2)17-23-19(21)3/h4-5,7-9,14,16-17,28H,6,10-13,15H2,1-3H3,(H,25,30)/b5-4-,14-8+,20-7+,24-9+. The molecule has 0 radical (unpaired) electrons. The number of aliphatic hydroxyl groups is 1. The van der Waals surface area contributed by atoms with E-state index in [-0.39, 0.29) is 0 Å². The molecule has 1 saturated heterocycles. The zero-order valence-corrected chi connectivity index (χ0v) is 18.7. The van der Waals surface area contributed by atoms with Gasteiger partial charge in [-0.3, -0.25) is 10.4 Å². The second-order valence-electron chi connectivity index (χ2n) is 6.87. The number of aliphatic hydroxyl groups excluding tert-OH is 1. The van der Waals surface area contributed by atoms with Gasteiger partial charge in [0, 0.05) is 50.7 Å². The van der Waals surface area contributed by atoms with Gasteiger partial charge in [0.1, 0.15) is 5.75 Å². The number of ether oxygens (including phenoxy) is 1. The lowest BCUT2D eigenvalue weighted by Crippen LogP contribution is -2.50. The smallest absolute Gasteiger partial charge is 0.189 e. The van der Waals surface area contributed by atoms with Crippen LogP contribution in [0, 0.1) is 13.8 Å². The molecule has 30 heavy (non-hydrogen) atoms. The summed E-state index contributed by atoms with van der Waals surface area (Å²) in [5, 5.41) is 13.9. The van der Waals surface area contributed by atoms with E-state index < -0.39 is 0 Å². The van der Waals surface area contributed by atoms with Crippen LogP contribution in [0.4, 0.5) is 0 Å². The van der Waals surface area contributed by atoms with E-state index in [1.54, 1.807) is 12.3 Å². The van der Waals surface area contributed by atoms with Crippen LogP contribution >= 0.6 is 12.2 Å². The monoisotopic (exact) mass is 429 g/mol. The fourth-order valence-electron chi connectivity index (χ4n) is 2.92. The SMILES string of the molecule is C\C=C/C=C(\C=C\O)N1CCN(C(=S)N/N=C/CCOc2cc(C)cnc2C)CC1. The number of hydrogen-bond donors (Lipinski definition) is 2. The average Bonchev–Trinajstić information content (AvgIpc) is 2.75. The molecule has 1 aromatic rings. The van der Waals surface area contributed by atoms with Crippen LogP contribution in [0.15, 0.2) is 53.6 Å². The number of pyridine rings is 1. The lowest BCUT2D eigenvalue weighted by molar-refractivity contribution is 0.225. The third kappa shape index (κ3) is 7.51. The maximum absolute atomic E-state index is 9.11. The molecule has 0 saturated carbocycles. The van der Waals surface area contributed by atoms with Gasteiger partial charge in [0.25, 0.3) is 0 Å². The van der Waals surface area contributed by atoms with Crippen molar-refractivity contribution in [3.05, 3.63) is 59.8 Å².